The number of nitrogens with two attached hydrogens (primary N) is 1. The van der Waals surface area contributed by atoms with Gasteiger partial charge in [0.05, 0.1) is 0 Å². The molecule has 4 N–H and O–H groups in total. The Hall–Kier alpha value is -1.10. The number of amides is 2. The number of primary amides is 1. The molecule has 2 fully saturated rings. The smallest absolute Gasteiger partial charge is 0.244 e. The van der Waals surface area contributed by atoms with E-state index in [0.717, 1.165) is 84.3 Å². The van der Waals surface area contributed by atoms with Crippen LogP contribution in [0.3, 0.4) is 0 Å². The zero-order valence-corrected chi connectivity index (χ0v) is 19.5. The van der Waals surface area contributed by atoms with Crippen molar-refractivity contribution < 1.29 is 9.59 Å². The van der Waals surface area contributed by atoms with E-state index in [1.165, 1.54) is 0 Å². The van der Waals surface area contributed by atoms with Crippen LogP contribution in [0.25, 0.3) is 0 Å². The number of aliphatic imine (C=N–C) groups is 1. The third-order valence-corrected chi connectivity index (χ3v) is 5.36. The predicted octanol–water partition coefficient (Wildman–Crippen LogP) is 0.759. The number of nitrogens with zero attached hydrogens (tertiary/aromatic N) is 3. The van der Waals surface area contributed by atoms with Crippen molar-refractivity contribution in [3.8, 4) is 0 Å². The zero-order valence-electron chi connectivity index (χ0n) is 17.1. The van der Waals surface area contributed by atoms with Crippen molar-refractivity contribution in [1.82, 2.24) is 20.4 Å². The standard InChI is InChI=1S/C19H36N6O2.HI/c1-2-21-19(23-15-17(26)25-11-5-6-12-25)22-9-3-4-10-24-13-7-16(8-14-24)18(20)27;/h16H,2-15H2,1H3,(H2,20,27)(H2,21,22,23);1H. The molecule has 2 aliphatic rings. The van der Waals surface area contributed by atoms with Gasteiger partial charge in [-0.15, -0.1) is 24.0 Å². The number of carbonyl (C=O) groups is 2. The normalized spacial score (nSPS) is 18.6. The van der Waals surface area contributed by atoms with Crippen LogP contribution in [0.2, 0.25) is 0 Å². The van der Waals surface area contributed by atoms with E-state index in [9.17, 15) is 9.59 Å². The Morgan fingerprint density at radius 3 is 2.36 bits per heavy atom. The minimum absolute atomic E-state index is 0. The number of carbonyl (C=O) groups excluding carboxylic acids is 2. The zero-order chi connectivity index (χ0) is 19.5. The van der Waals surface area contributed by atoms with E-state index in [4.69, 9.17) is 5.73 Å². The molecule has 0 bridgehead atoms. The van der Waals surface area contributed by atoms with Gasteiger partial charge in [0.1, 0.15) is 6.54 Å². The minimum atomic E-state index is -0.155. The summed E-state index contributed by atoms with van der Waals surface area (Å²) < 4.78 is 0. The molecule has 0 aromatic carbocycles. The average Bonchev–Trinajstić information content (AvgIpc) is 3.20. The maximum Gasteiger partial charge on any atom is 0.244 e. The molecule has 162 valence electrons. The number of piperidine rings is 1. The van der Waals surface area contributed by atoms with Gasteiger partial charge in [-0.2, -0.15) is 0 Å². The SMILES string of the molecule is CCNC(=NCC(=O)N1CCCC1)NCCCCN1CCC(C(N)=O)CC1.I. The number of hydrogen-bond donors (Lipinski definition) is 3. The molecule has 2 rings (SSSR count). The van der Waals surface area contributed by atoms with E-state index in [1.54, 1.807) is 0 Å². The second-order valence-electron chi connectivity index (χ2n) is 7.44. The third-order valence-electron chi connectivity index (χ3n) is 5.36. The van der Waals surface area contributed by atoms with E-state index in [2.05, 4.69) is 20.5 Å². The van der Waals surface area contributed by atoms with E-state index < -0.39 is 0 Å². The number of halogens is 1. The molecule has 9 heteroatoms. The van der Waals surface area contributed by atoms with Gasteiger partial charge in [0, 0.05) is 32.1 Å². The Kier molecular flexibility index (Phi) is 12.4. The van der Waals surface area contributed by atoms with Crippen molar-refractivity contribution in [1.29, 1.82) is 0 Å². The van der Waals surface area contributed by atoms with Crippen LogP contribution < -0.4 is 16.4 Å². The lowest BCUT2D eigenvalue weighted by atomic mass is 9.96. The summed E-state index contributed by atoms with van der Waals surface area (Å²) in [4.78, 5) is 32.0. The molecule has 0 spiro atoms. The lowest BCUT2D eigenvalue weighted by Crippen LogP contribution is -2.40. The quantitative estimate of drug-likeness (QED) is 0.185. The van der Waals surface area contributed by atoms with Crippen molar-refractivity contribution in [3.05, 3.63) is 0 Å². The monoisotopic (exact) mass is 508 g/mol. The number of likely N-dealkylation sites (tertiary alicyclic amines) is 2. The van der Waals surface area contributed by atoms with Crippen molar-refractivity contribution in [2.45, 2.75) is 45.4 Å². The Morgan fingerprint density at radius 2 is 1.75 bits per heavy atom. The maximum absolute atomic E-state index is 12.1. The first-order valence-corrected chi connectivity index (χ1v) is 10.4. The van der Waals surface area contributed by atoms with Gasteiger partial charge >= 0.3 is 0 Å². The molecular formula is C19H37IN6O2. The number of nitrogens with one attached hydrogen (secondary N) is 2. The van der Waals surface area contributed by atoms with Crippen LogP contribution in [-0.4, -0.2) is 79.9 Å². The Labute approximate surface area is 186 Å². The highest BCUT2D eigenvalue weighted by molar-refractivity contribution is 14.0. The van der Waals surface area contributed by atoms with Crippen LogP contribution in [0.15, 0.2) is 4.99 Å². The molecule has 8 nitrogen and oxygen atoms in total. The van der Waals surface area contributed by atoms with Crippen molar-refractivity contribution >= 4 is 41.8 Å². The van der Waals surface area contributed by atoms with E-state index in [0.29, 0.717) is 5.96 Å². The van der Waals surface area contributed by atoms with E-state index >= 15 is 0 Å². The summed E-state index contributed by atoms with van der Waals surface area (Å²) in [6.07, 6.45) is 6.12. The largest absolute Gasteiger partial charge is 0.369 e. The van der Waals surface area contributed by atoms with Crippen LogP contribution in [0.1, 0.15) is 45.4 Å². The van der Waals surface area contributed by atoms with Crippen LogP contribution in [0, 0.1) is 5.92 Å². The van der Waals surface area contributed by atoms with Crippen molar-refractivity contribution in [2.24, 2.45) is 16.6 Å². The summed E-state index contributed by atoms with van der Waals surface area (Å²) in [5.41, 5.74) is 5.38. The fourth-order valence-corrected chi connectivity index (χ4v) is 3.66. The first-order chi connectivity index (χ1) is 13.1. The minimum Gasteiger partial charge on any atom is -0.369 e. The number of unbranched alkanes of at least 4 members (excludes halogenated alkanes) is 1. The molecule has 2 amide bonds. The van der Waals surface area contributed by atoms with Gasteiger partial charge < -0.3 is 26.2 Å². The highest BCUT2D eigenvalue weighted by atomic mass is 127. The van der Waals surface area contributed by atoms with Gasteiger partial charge in [0.2, 0.25) is 11.8 Å². The van der Waals surface area contributed by atoms with E-state index in [-0.39, 0.29) is 48.3 Å². The lowest BCUT2D eigenvalue weighted by Gasteiger charge is -2.30. The lowest BCUT2D eigenvalue weighted by molar-refractivity contribution is -0.128. The number of guanidine groups is 1. The average molecular weight is 508 g/mol. The van der Waals surface area contributed by atoms with Crippen LogP contribution in [0.4, 0.5) is 0 Å². The van der Waals surface area contributed by atoms with Gasteiger partial charge in [-0.1, -0.05) is 0 Å². The summed E-state index contributed by atoms with van der Waals surface area (Å²) in [5, 5.41) is 6.51. The molecule has 28 heavy (non-hydrogen) atoms. The molecule has 0 aromatic heterocycles. The van der Waals surface area contributed by atoms with Crippen LogP contribution >= 0.6 is 24.0 Å². The molecule has 0 aromatic rings. The van der Waals surface area contributed by atoms with Gasteiger partial charge in [-0.3, -0.25) is 9.59 Å². The predicted molar refractivity (Wildman–Crippen MR) is 123 cm³/mol. The Balaban J connectivity index is 0.00000392. The fourth-order valence-electron chi connectivity index (χ4n) is 3.66. The molecule has 2 heterocycles. The molecule has 2 saturated heterocycles. The van der Waals surface area contributed by atoms with Crippen molar-refractivity contribution in [3.63, 3.8) is 0 Å². The second kappa shape index (κ2) is 14.0. The summed E-state index contributed by atoms with van der Waals surface area (Å²) in [5.74, 6) is 0.735. The highest BCUT2D eigenvalue weighted by Gasteiger charge is 2.22. The summed E-state index contributed by atoms with van der Waals surface area (Å²) in [6.45, 7) is 8.56. The third kappa shape index (κ3) is 8.93. The van der Waals surface area contributed by atoms with Crippen LogP contribution in [-0.2, 0) is 9.59 Å². The summed E-state index contributed by atoms with van der Waals surface area (Å²) >= 11 is 0. The second-order valence-corrected chi connectivity index (χ2v) is 7.44. The summed E-state index contributed by atoms with van der Waals surface area (Å²) in [7, 11) is 0. The van der Waals surface area contributed by atoms with Gasteiger partial charge in [0.25, 0.3) is 0 Å². The molecule has 0 atom stereocenters. The number of hydrogen-bond acceptors (Lipinski definition) is 4. The highest BCUT2D eigenvalue weighted by Crippen LogP contribution is 2.16. The van der Waals surface area contributed by atoms with E-state index in [1.807, 2.05) is 11.8 Å². The molecule has 0 aliphatic carbocycles. The Bertz CT molecular complexity index is 503. The van der Waals surface area contributed by atoms with Gasteiger partial charge in [-0.05, 0) is 65.1 Å². The Morgan fingerprint density at radius 1 is 1.07 bits per heavy atom. The molecule has 2 aliphatic heterocycles. The maximum atomic E-state index is 12.1. The number of rotatable bonds is 9. The topological polar surface area (TPSA) is 103 Å². The molecule has 0 unspecified atom stereocenters. The van der Waals surface area contributed by atoms with Crippen LogP contribution in [0.5, 0.6) is 0 Å². The van der Waals surface area contributed by atoms with Gasteiger partial charge in [-0.25, -0.2) is 4.99 Å². The molecule has 0 radical (unpaired) electrons. The molecular weight excluding hydrogens is 471 g/mol. The fraction of sp³-hybridized carbons (Fsp3) is 0.842. The molecule has 0 saturated carbocycles. The first-order valence-electron chi connectivity index (χ1n) is 10.4. The van der Waals surface area contributed by atoms with Crippen molar-refractivity contribution in [2.75, 3.05) is 52.4 Å². The summed E-state index contributed by atoms with van der Waals surface area (Å²) in [6, 6.07) is 0. The van der Waals surface area contributed by atoms with Gasteiger partial charge in [0.15, 0.2) is 5.96 Å². The first kappa shape index (κ1) is 24.9.